The molecule has 0 radical (unpaired) electrons. The number of esters is 1. The zero-order chi connectivity index (χ0) is 14.5. The highest BCUT2D eigenvalue weighted by molar-refractivity contribution is 5.86. The Balaban J connectivity index is 2.35. The second-order valence-corrected chi connectivity index (χ2v) is 4.10. The molecule has 0 bridgehead atoms. The van der Waals surface area contributed by atoms with E-state index in [1.807, 2.05) is 24.3 Å². The van der Waals surface area contributed by atoms with Crippen LogP contribution in [0.3, 0.4) is 0 Å². The molecule has 1 aromatic carbocycles. The lowest BCUT2D eigenvalue weighted by Crippen LogP contribution is -2.23. The van der Waals surface area contributed by atoms with Gasteiger partial charge in [-0.15, -0.1) is 0 Å². The number of methoxy groups -OCH3 is 1. The summed E-state index contributed by atoms with van der Waals surface area (Å²) in [4.78, 5) is 27.1. The molecule has 0 aliphatic rings. The molecule has 0 unspecified atom stereocenters. The molecule has 1 amide bonds. The summed E-state index contributed by atoms with van der Waals surface area (Å²) in [5.41, 5.74) is 1.58. The average molecular weight is 273 g/mol. The van der Waals surface area contributed by atoms with Gasteiger partial charge in [0.2, 0.25) is 5.91 Å². The largest absolute Gasteiger partial charge is 0.468 e. The van der Waals surface area contributed by atoms with E-state index in [4.69, 9.17) is 0 Å². The lowest BCUT2D eigenvalue weighted by Gasteiger charge is -2.08. The smallest absolute Gasteiger partial charge is 0.325 e. The van der Waals surface area contributed by atoms with Gasteiger partial charge < -0.3 is 14.6 Å². The SMILES string of the molecule is C=CC(=O)NCc1nc2ccccc2n1CC(=O)OC. The van der Waals surface area contributed by atoms with Crippen LogP contribution in [-0.4, -0.2) is 28.5 Å². The van der Waals surface area contributed by atoms with Gasteiger partial charge in [0.15, 0.2) is 0 Å². The number of para-hydroxylation sites is 2. The second kappa shape index (κ2) is 6.01. The number of hydrogen-bond donors (Lipinski definition) is 1. The Morgan fingerprint density at radius 1 is 1.45 bits per heavy atom. The van der Waals surface area contributed by atoms with Gasteiger partial charge >= 0.3 is 5.97 Å². The van der Waals surface area contributed by atoms with Crippen molar-refractivity contribution in [3.8, 4) is 0 Å². The number of carbonyl (C=O) groups is 2. The fraction of sp³-hybridized carbons (Fsp3) is 0.214. The van der Waals surface area contributed by atoms with Crippen LogP contribution >= 0.6 is 0 Å². The van der Waals surface area contributed by atoms with Crippen molar-refractivity contribution in [1.82, 2.24) is 14.9 Å². The maximum absolute atomic E-state index is 11.5. The van der Waals surface area contributed by atoms with E-state index in [9.17, 15) is 9.59 Å². The first kappa shape index (κ1) is 13.8. The van der Waals surface area contributed by atoms with Crippen molar-refractivity contribution in [2.75, 3.05) is 7.11 Å². The van der Waals surface area contributed by atoms with Gasteiger partial charge in [0, 0.05) is 0 Å². The molecule has 1 heterocycles. The number of carbonyl (C=O) groups excluding carboxylic acids is 2. The van der Waals surface area contributed by atoms with Crippen LogP contribution in [-0.2, 0) is 27.4 Å². The number of nitrogens with zero attached hydrogens (tertiary/aromatic N) is 2. The van der Waals surface area contributed by atoms with E-state index in [0.29, 0.717) is 5.82 Å². The minimum absolute atomic E-state index is 0.0519. The van der Waals surface area contributed by atoms with Crippen molar-refractivity contribution in [2.45, 2.75) is 13.1 Å². The quantitative estimate of drug-likeness (QED) is 0.652. The minimum Gasteiger partial charge on any atom is -0.468 e. The Morgan fingerprint density at radius 3 is 2.90 bits per heavy atom. The highest BCUT2D eigenvalue weighted by Crippen LogP contribution is 2.16. The van der Waals surface area contributed by atoms with E-state index in [2.05, 4.69) is 21.6 Å². The lowest BCUT2D eigenvalue weighted by atomic mass is 10.3. The zero-order valence-corrected chi connectivity index (χ0v) is 11.1. The number of rotatable bonds is 5. The van der Waals surface area contributed by atoms with Crippen molar-refractivity contribution in [3.63, 3.8) is 0 Å². The van der Waals surface area contributed by atoms with Crippen LogP contribution in [0.5, 0.6) is 0 Å². The molecule has 0 saturated carbocycles. The van der Waals surface area contributed by atoms with Crippen LogP contribution in [0.4, 0.5) is 0 Å². The van der Waals surface area contributed by atoms with Crippen LogP contribution in [0.2, 0.25) is 0 Å². The van der Waals surface area contributed by atoms with Gasteiger partial charge in [-0.05, 0) is 18.2 Å². The first-order valence-electron chi connectivity index (χ1n) is 6.07. The first-order chi connectivity index (χ1) is 9.65. The number of fused-ring (bicyclic) bond motifs is 1. The van der Waals surface area contributed by atoms with E-state index >= 15 is 0 Å². The standard InChI is InChI=1S/C14H15N3O3/c1-3-13(18)15-8-12-16-10-6-4-5-7-11(10)17(12)9-14(19)20-2/h3-7H,1,8-9H2,2H3,(H,15,18). The number of benzene rings is 1. The molecule has 0 spiro atoms. The fourth-order valence-electron chi connectivity index (χ4n) is 1.87. The molecule has 2 aromatic rings. The van der Waals surface area contributed by atoms with Gasteiger partial charge in [-0.2, -0.15) is 0 Å². The first-order valence-corrected chi connectivity index (χ1v) is 6.07. The van der Waals surface area contributed by atoms with Gasteiger partial charge in [-0.3, -0.25) is 9.59 Å². The summed E-state index contributed by atoms with van der Waals surface area (Å²) < 4.78 is 6.41. The normalized spacial score (nSPS) is 10.2. The van der Waals surface area contributed by atoms with Gasteiger partial charge in [-0.25, -0.2) is 4.98 Å². The van der Waals surface area contributed by atoms with E-state index < -0.39 is 0 Å². The summed E-state index contributed by atoms with van der Waals surface area (Å²) in [5.74, 6) is -0.0714. The number of ether oxygens (including phenoxy) is 1. The van der Waals surface area contributed by atoms with E-state index in [-0.39, 0.29) is 25.0 Å². The summed E-state index contributed by atoms with van der Waals surface area (Å²) in [5, 5.41) is 2.65. The van der Waals surface area contributed by atoms with E-state index in [1.54, 1.807) is 4.57 Å². The third kappa shape index (κ3) is 2.85. The Labute approximate surface area is 116 Å². The minimum atomic E-state index is -0.371. The van der Waals surface area contributed by atoms with Gasteiger partial charge in [0.25, 0.3) is 0 Å². The molecule has 0 aliphatic carbocycles. The Kier molecular flexibility index (Phi) is 4.14. The lowest BCUT2D eigenvalue weighted by molar-refractivity contribution is -0.141. The molecular formula is C14H15N3O3. The number of amides is 1. The number of imidazole rings is 1. The highest BCUT2D eigenvalue weighted by Gasteiger charge is 2.13. The number of aromatic nitrogens is 2. The molecule has 1 N–H and O–H groups in total. The number of nitrogens with one attached hydrogen (secondary N) is 1. The molecule has 1 aromatic heterocycles. The van der Waals surface area contributed by atoms with Crippen LogP contribution in [0, 0.1) is 0 Å². The Bertz CT molecular complexity index is 661. The molecule has 6 nitrogen and oxygen atoms in total. The maximum Gasteiger partial charge on any atom is 0.325 e. The molecular weight excluding hydrogens is 258 g/mol. The predicted octanol–water partition coefficient (Wildman–Crippen LogP) is 1.01. The van der Waals surface area contributed by atoms with Crippen molar-refractivity contribution >= 4 is 22.9 Å². The topological polar surface area (TPSA) is 73.2 Å². The second-order valence-electron chi connectivity index (χ2n) is 4.10. The average Bonchev–Trinajstić information content (AvgIpc) is 2.82. The Hall–Kier alpha value is -2.63. The molecule has 6 heteroatoms. The third-order valence-electron chi connectivity index (χ3n) is 2.85. The molecule has 2 rings (SSSR count). The van der Waals surface area contributed by atoms with Gasteiger partial charge in [0.05, 0.1) is 24.7 Å². The van der Waals surface area contributed by atoms with Crippen molar-refractivity contribution in [1.29, 1.82) is 0 Å². The van der Waals surface area contributed by atoms with Crippen molar-refractivity contribution in [3.05, 3.63) is 42.7 Å². The van der Waals surface area contributed by atoms with Gasteiger partial charge in [-0.1, -0.05) is 18.7 Å². The monoisotopic (exact) mass is 273 g/mol. The summed E-state index contributed by atoms with van der Waals surface area (Å²) in [6, 6.07) is 7.44. The van der Waals surface area contributed by atoms with E-state index in [0.717, 1.165) is 11.0 Å². The molecule has 0 fully saturated rings. The molecule has 0 atom stereocenters. The van der Waals surface area contributed by atoms with Crippen molar-refractivity contribution < 1.29 is 14.3 Å². The summed E-state index contributed by atoms with van der Waals surface area (Å²) >= 11 is 0. The summed E-state index contributed by atoms with van der Waals surface area (Å²) in [7, 11) is 1.33. The Morgan fingerprint density at radius 2 is 2.20 bits per heavy atom. The van der Waals surface area contributed by atoms with Crippen LogP contribution in [0.15, 0.2) is 36.9 Å². The predicted molar refractivity (Wildman–Crippen MR) is 73.8 cm³/mol. The number of hydrogen-bond acceptors (Lipinski definition) is 4. The molecule has 0 saturated heterocycles. The zero-order valence-electron chi connectivity index (χ0n) is 11.1. The van der Waals surface area contributed by atoms with Crippen LogP contribution in [0.1, 0.15) is 5.82 Å². The van der Waals surface area contributed by atoms with Crippen LogP contribution in [0.25, 0.3) is 11.0 Å². The van der Waals surface area contributed by atoms with E-state index in [1.165, 1.54) is 13.2 Å². The van der Waals surface area contributed by atoms with Gasteiger partial charge in [0.1, 0.15) is 12.4 Å². The molecule has 0 aliphatic heterocycles. The third-order valence-corrected chi connectivity index (χ3v) is 2.85. The summed E-state index contributed by atoms with van der Waals surface area (Å²) in [6.07, 6.45) is 1.19. The highest BCUT2D eigenvalue weighted by atomic mass is 16.5. The van der Waals surface area contributed by atoms with Crippen LogP contribution < -0.4 is 5.32 Å². The maximum atomic E-state index is 11.5. The van der Waals surface area contributed by atoms with Crippen molar-refractivity contribution in [2.24, 2.45) is 0 Å². The molecule has 20 heavy (non-hydrogen) atoms. The fourth-order valence-corrected chi connectivity index (χ4v) is 1.87. The molecule has 104 valence electrons. The summed E-state index contributed by atoms with van der Waals surface area (Å²) in [6.45, 7) is 3.66.